The second kappa shape index (κ2) is 6.02. The quantitative estimate of drug-likeness (QED) is 0.271. The van der Waals surface area contributed by atoms with Crippen LogP contribution in [0.2, 0.25) is 0 Å². The number of aliphatic hydroxyl groups excluding tert-OH is 4. The van der Waals surface area contributed by atoms with Gasteiger partial charge in [-0.2, -0.15) is 5.01 Å². The number of nitroso groups, excluding NO2 is 1. The summed E-state index contributed by atoms with van der Waals surface area (Å²) in [6.07, 6.45) is -5.84. The van der Waals surface area contributed by atoms with Crippen molar-refractivity contribution in [2.24, 2.45) is 5.29 Å². The number of rotatable bonds is 3. The highest BCUT2D eigenvalue weighted by Crippen LogP contribution is 2.19. The molecule has 1 aliphatic rings. The molecule has 0 radical (unpaired) electrons. The molecule has 104 valence electrons. The van der Waals surface area contributed by atoms with Crippen LogP contribution in [-0.2, 0) is 4.74 Å². The van der Waals surface area contributed by atoms with Crippen LogP contribution in [0.3, 0.4) is 0 Å². The highest BCUT2D eigenvalue weighted by molar-refractivity contribution is 5.73. The summed E-state index contributed by atoms with van der Waals surface area (Å²) in [5, 5.41) is 42.4. The first kappa shape index (κ1) is 14.7. The van der Waals surface area contributed by atoms with Gasteiger partial charge in [0.15, 0.2) is 6.29 Å². The van der Waals surface area contributed by atoms with Gasteiger partial charge < -0.3 is 30.5 Å². The van der Waals surface area contributed by atoms with E-state index < -0.39 is 43.3 Å². The lowest BCUT2D eigenvalue weighted by Crippen LogP contribution is -2.64. The van der Waals surface area contributed by atoms with Crippen molar-refractivity contribution in [3.63, 3.8) is 0 Å². The minimum Gasteiger partial charge on any atom is -0.394 e. The van der Waals surface area contributed by atoms with Gasteiger partial charge in [0.25, 0.3) is 0 Å². The molecule has 10 nitrogen and oxygen atoms in total. The lowest BCUT2D eigenvalue weighted by Gasteiger charge is -2.40. The van der Waals surface area contributed by atoms with Gasteiger partial charge in [0.2, 0.25) is 0 Å². The number of hydrogen-bond acceptors (Lipinski definition) is 8. The van der Waals surface area contributed by atoms with Crippen LogP contribution in [0.15, 0.2) is 5.29 Å². The molecule has 1 saturated heterocycles. The van der Waals surface area contributed by atoms with Gasteiger partial charge in [-0.3, -0.25) is 0 Å². The van der Waals surface area contributed by atoms with Crippen molar-refractivity contribution in [2.45, 2.75) is 30.6 Å². The van der Waals surface area contributed by atoms with Crippen LogP contribution in [-0.4, -0.2) is 75.8 Å². The molecule has 0 spiro atoms. The number of nitrogens with one attached hydrogen (secondary N) is 1. The molecule has 0 aromatic heterocycles. The lowest BCUT2D eigenvalue weighted by atomic mass is 9.97. The monoisotopic (exact) mass is 265 g/mol. The van der Waals surface area contributed by atoms with Gasteiger partial charge in [-0.05, 0) is 0 Å². The Morgan fingerprint density at radius 1 is 1.39 bits per heavy atom. The maximum absolute atomic E-state index is 11.3. The Kier molecular flexibility index (Phi) is 4.93. The number of carbonyl (C=O) groups excluding carboxylic acids is 1. The van der Waals surface area contributed by atoms with E-state index in [1.807, 2.05) is 0 Å². The van der Waals surface area contributed by atoms with E-state index in [1.54, 1.807) is 0 Å². The van der Waals surface area contributed by atoms with Gasteiger partial charge in [-0.25, -0.2) is 4.79 Å². The zero-order valence-corrected chi connectivity index (χ0v) is 9.50. The van der Waals surface area contributed by atoms with Gasteiger partial charge in [0.05, 0.1) is 11.9 Å². The van der Waals surface area contributed by atoms with E-state index in [0.717, 1.165) is 7.05 Å². The first-order valence-corrected chi connectivity index (χ1v) is 5.10. The molecular weight excluding hydrogens is 250 g/mol. The van der Waals surface area contributed by atoms with Crippen molar-refractivity contribution >= 4 is 6.03 Å². The molecule has 0 aliphatic carbocycles. The fourth-order valence-electron chi connectivity index (χ4n) is 1.53. The molecule has 1 aliphatic heterocycles. The maximum Gasteiger partial charge on any atom is 0.340 e. The van der Waals surface area contributed by atoms with Gasteiger partial charge in [0.1, 0.15) is 24.4 Å². The lowest BCUT2D eigenvalue weighted by molar-refractivity contribution is -0.252. The van der Waals surface area contributed by atoms with Gasteiger partial charge in [0, 0.05) is 7.05 Å². The van der Waals surface area contributed by atoms with Crippen molar-refractivity contribution < 1.29 is 30.0 Å². The Morgan fingerprint density at radius 3 is 2.50 bits per heavy atom. The van der Waals surface area contributed by atoms with E-state index in [9.17, 15) is 25.0 Å². The summed E-state index contributed by atoms with van der Waals surface area (Å²) in [6, 6.07) is -2.33. The van der Waals surface area contributed by atoms with Crippen LogP contribution in [0, 0.1) is 4.91 Å². The van der Waals surface area contributed by atoms with Crippen LogP contribution in [0.4, 0.5) is 4.79 Å². The molecule has 2 amide bonds. The minimum absolute atomic E-state index is 0.407. The van der Waals surface area contributed by atoms with Gasteiger partial charge in [-0.15, -0.1) is 4.91 Å². The standard InChI is InChI=1S/C8H15N3O7/c1-11(10-17)8(16)9-4-6(14)5(13)3(2-12)18-7(4)15/h3-7,12-15H,2H2,1H3,(H,9,16)/t3-,4+,5-,6-,7?/m1/s1. The average molecular weight is 265 g/mol. The van der Waals surface area contributed by atoms with Crippen molar-refractivity contribution in [1.82, 2.24) is 10.3 Å². The fraction of sp³-hybridized carbons (Fsp3) is 0.875. The topological polar surface area (TPSA) is 152 Å². The van der Waals surface area contributed by atoms with Crippen LogP contribution < -0.4 is 5.32 Å². The first-order chi connectivity index (χ1) is 8.42. The molecule has 10 heteroatoms. The van der Waals surface area contributed by atoms with Crippen LogP contribution >= 0.6 is 0 Å². The van der Waals surface area contributed by atoms with E-state index in [0.29, 0.717) is 5.01 Å². The highest BCUT2D eigenvalue weighted by Gasteiger charge is 2.44. The molecule has 1 rings (SSSR count). The predicted octanol–water partition coefficient (Wildman–Crippen LogP) is -2.89. The fourth-order valence-corrected chi connectivity index (χ4v) is 1.53. The molecule has 5 atom stereocenters. The second-order valence-corrected chi connectivity index (χ2v) is 3.81. The van der Waals surface area contributed by atoms with Crippen molar-refractivity contribution in [3.05, 3.63) is 4.91 Å². The molecule has 1 heterocycles. The minimum atomic E-state index is -1.63. The highest BCUT2D eigenvalue weighted by atomic mass is 16.6. The third-order valence-corrected chi connectivity index (χ3v) is 2.61. The van der Waals surface area contributed by atoms with Crippen molar-refractivity contribution in [1.29, 1.82) is 0 Å². The first-order valence-electron chi connectivity index (χ1n) is 5.10. The molecule has 5 N–H and O–H groups in total. The molecule has 1 unspecified atom stereocenters. The van der Waals surface area contributed by atoms with Crippen LogP contribution in [0.1, 0.15) is 0 Å². The van der Waals surface area contributed by atoms with Crippen LogP contribution in [0.5, 0.6) is 0 Å². The van der Waals surface area contributed by atoms with E-state index in [2.05, 4.69) is 10.6 Å². The third kappa shape index (κ3) is 2.91. The molecule has 0 bridgehead atoms. The Hall–Kier alpha value is -1.33. The smallest absolute Gasteiger partial charge is 0.340 e. The molecule has 0 aromatic carbocycles. The molecular formula is C8H15N3O7. The Bertz CT molecular complexity index is 315. The Labute approximate surface area is 102 Å². The number of ether oxygens (including phenoxy) is 1. The number of nitrogens with zero attached hydrogens (tertiary/aromatic N) is 2. The van der Waals surface area contributed by atoms with E-state index in [4.69, 9.17) is 9.84 Å². The summed E-state index contributed by atoms with van der Waals surface area (Å²) in [6.45, 7) is -0.605. The predicted molar refractivity (Wildman–Crippen MR) is 55.9 cm³/mol. The zero-order valence-electron chi connectivity index (χ0n) is 9.50. The summed E-state index contributed by atoms with van der Waals surface area (Å²) in [5.41, 5.74) is 0. The SMILES string of the molecule is CN(N=O)C(=O)N[C@@H]1C(O)O[C@H](CO)[C@@H](O)[C@@H]1O. The van der Waals surface area contributed by atoms with Crippen molar-refractivity contribution in [2.75, 3.05) is 13.7 Å². The molecule has 0 aromatic rings. The Morgan fingerprint density at radius 2 is 2.00 bits per heavy atom. The molecule has 1 fully saturated rings. The summed E-state index contributed by atoms with van der Waals surface area (Å²) in [5.74, 6) is 0. The third-order valence-electron chi connectivity index (χ3n) is 2.61. The Balaban J connectivity index is 2.71. The van der Waals surface area contributed by atoms with E-state index >= 15 is 0 Å². The maximum atomic E-state index is 11.3. The number of amides is 2. The van der Waals surface area contributed by atoms with Gasteiger partial charge in [-0.1, -0.05) is 0 Å². The summed E-state index contributed by atoms with van der Waals surface area (Å²) in [4.78, 5) is 21.4. The van der Waals surface area contributed by atoms with E-state index in [1.165, 1.54) is 0 Å². The zero-order chi connectivity index (χ0) is 13.9. The average Bonchev–Trinajstić information content (AvgIpc) is 2.37. The largest absolute Gasteiger partial charge is 0.394 e. The number of aliphatic hydroxyl groups is 4. The second-order valence-electron chi connectivity index (χ2n) is 3.81. The summed E-state index contributed by atoms with van der Waals surface area (Å²) >= 11 is 0. The summed E-state index contributed by atoms with van der Waals surface area (Å²) in [7, 11) is 1.07. The molecule has 18 heavy (non-hydrogen) atoms. The van der Waals surface area contributed by atoms with Gasteiger partial charge >= 0.3 is 6.03 Å². The molecule has 0 saturated carbocycles. The number of carbonyl (C=O) groups is 1. The van der Waals surface area contributed by atoms with Crippen LogP contribution in [0.25, 0.3) is 0 Å². The van der Waals surface area contributed by atoms with Crippen molar-refractivity contribution in [3.8, 4) is 0 Å². The number of hydrogen-bond donors (Lipinski definition) is 5. The number of urea groups is 1. The summed E-state index contributed by atoms with van der Waals surface area (Å²) < 4.78 is 4.80. The van der Waals surface area contributed by atoms with E-state index in [-0.39, 0.29) is 0 Å². The normalized spacial score (nSPS) is 35.9.